The van der Waals surface area contributed by atoms with Crippen LogP contribution >= 0.6 is 11.6 Å². The van der Waals surface area contributed by atoms with E-state index in [1.165, 1.54) is 0 Å². The molecule has 0 unspecified atom stereocenters. The van der Waals surface area contributed by atoms with Gasteiger partial charge in [0.05, 0.1) is 22.5 Å². The standard InChI is InChI=1S/C26H28ClN5O2/c1-18-8-10-23(19(2)16-18)30-26(34)29-20-9-11-24(28-17-20)31-12-5-13-32(15-14-31)25(33)21-6-3-4-7-22(21)27/h3-4,6-11,16-17H,5,12-15H2,1-2H3,(H2,29,30,34). The molecule has 0 atom stereocenters. The van der Waals surface area contributed by atoms with Gasteiger partial charge in [-0.3, -0.25) is 4.79 Å². The van der Waals surface area contributed by atoms with Crippen LogP contribution in [0.3, 0.4) is 0 Å². The Morgan fingerprint density at radius 2 is 1.76 bits per heavy atom. The van der Waals surface area contributed by atoms with Crippen molar-refractivity contribution >= 4 is 40.7 Å². The third kappa shape index (κ3) is 5.66. The molecule has 0 radical (unpaired) electrons. The minimum atomic E-state index is -0.315. The second-order valence-electron chi connectivity index (χ2n) is 8.42. The summed E-state index contributed by atoms with van der Waals surface area (Å²) >= 11 is 6.21. The number of aryl methyl sites for hydroxylation is 2. The topological polar surface area (TPSA) is 77.6 Å². The van der Waals surface area contributed by atoms with Gasteiger partial charge in [0.15, 0.2) is 0 Å². The molecular formula is C26H28ClN5O2. The highest BCUT2D eigenvalue weighted by molar-refractivity contribution is 6.33. The van der Waals surface area contributed by atoms with Crippen LogP contribution in [-0.4, -0.2) is 48.0 Å². The van der Waals surface area contributed by atoms with Crippen molar-refractivity contribution in [2.75, 3.05) is 41.7 Å². The van der Waals surface area contributed by atoms with E-state index < -0.39 is 0 Å². The number of carbonyl (C=O) groups is 2. The zero-order valence-corrected chi connectivity index (χ0v) is 20.1. The zero-order chi connectivity index (χ0) is 24.1. The van der Waals surface area contributed by atoms with Gasteiger partial charge in [0.2, 0.25) is 0 Å². The highest BCUT2D eigenvalue weighted by atomic mass is 35.5. The average molecular weight is 478 g/mol. The molecule has 1 aliphatic rings. The van der Waals surface area contributed by atoms with Gasteiger partial charge in [0.1, 0.15) is 5.82 Å². The monoisotopic (exact) mass is 477 g/mol. The van der Waals surface area contributed by atoms with Gasteiger partial charge >= 0.3 is 6.03 Å². The van der Waals surface area contributed by atoms with E-state index >= 15 is 0 Å². The molecule has 8 heteroatoms. The van der Waals surface area contributed by atoms with Crippen molar-refractivity contribution in [3.05, 3.63) is 82.5 Å². The minimum Gasteiger partial charge on any atom is -0.355 e. The maximum absolute atomic E-state index is 12.9. The number of hydrogen-bond donors (Lipinski definition) is 2. The van der Waals surface area contributed by atoms with Crippen molar-refractivity contribution in [2.45, 2.75) is 20.3 Å². The second kappa shape index (κ2) is 10.6. The van der Waals surface area contributed by atoms with Gasteiger partial charge in [-0.05, 0) is 56.2 Å². The van der Waals surface area contributed by atoms with Crippen molar-refractivity contribution in [1.82, 2.24) is 9.88 Å². The molecule has 0 saturated carbocycles. The molecule has 1 aromatic heterocycles. The van der Waals surface area contributed by atoms with E-state index in [-0.39, 0.29) is 11.9 Å². The van der Waals surface area contributed by atoms with Crippen molar-refractivity contribution < 1.29 is 9.59 Å². The van der Waals surface area contributed by atoms with Crippen LogP contribution in [0.4, 0.5) is 22.0 Å². The van der Waals surface area contributed by atoms with E-state index in [0.717, 1.165) is 35.6 Å². The number of amides is 3. The number of rotatable bonds is 4. The summed E-state index contributed by atoms with van der Waals surface area (Å²) in [5.74, 6) is 0.766. The number of hydrogen-bond acceptors (Lipinski definition) is 4. The summed E-state index contributed by atoms with van der Waals surface area (Å²) in [6, 6.07) is 16.4. The highest BCUT2D eigenvalue weighted by Gasteiger charge is 2.22. The quantitative estimate of drug-likeness (QED) is 0.531. The second-order valence-corrected chi connectivity index (χ2v) is 8.82. The number of urea groups is 1. The maximum atomic E-state index is 12.9. The van der Waals surface area contributed by atoms with Crippen LogP contribution in [0.15, 0.2) is 60.8 Å². The molecule has 176 valence electrons. The first-order valence-corrected chi connectivity index (χ1v) is 11.7. The Morgan fingerprint density at radius 3 is 2.50 bits per heavy atom. The molecular weight excluding hydrogens is 450 g/mol. The van der Waals surface area contributed by atoms with Crippen LogP contribution in [-0.2, 0) is 0 Å². The molecule has 1 fully saturated rings. The summed E-state index contributed by atoms with van der Waals surface area (Å²) < 4.78 is 0. The third-order valence-corrected chi connectivity index (χ3v) is 6.18. The molecule has 1 saturated heterocycles. The van der Waals surface area contributed by atoms with Crippen LogP contribution < -0.4 is 15.5 Å². The molecule has 7 nitrogen and oxygen atoms in total. The Hall–Kier alpha value is -3.58. The number of nitrogens with zero attached hydrogens (tertiary/aromatic N) is 3. The van der Waals surface area contributed by atoms with E-state index in [9.17, 15) is 9.59 Å². The molecule has 2 heterocycles. The summed E-state index contributed by atoms with van der Waals surface area (Å²) in [5, 5.41) is 6.17. The largest absolute Gasteiger partial charge is 0.355 e. The van der Waals surface area contributed by atoms with Crippen molar-refractivity contribution in [3.8, 4) is 0 Å². The molecule has 34 heavy (non-hydrogen) atoms. The predicted octanol–water partition coefficient (Wildman–Crippen LogP) is 5.35. The van der Waals surface area contributed by atoms with Gasteiger partial charge in [-0.15, -0.1) is 0 Å². The summed E-state index contributed by atoms with van der Waals surface area (Å²) in [7, 11) is 0. The number of nitrogens with one attached hydrogen (secondary N) is 2. The molecule has 2 aromatic carbocycles. The van der Waals surface area contributed by atoms with E-state index in [4.69, 9.17) is 11.6 Å². The molecule has 2 N–H and O–H groups in total. The first-order chi connectivity index (χ1) is 16.4. The fourth-order valence-corrected chi connectivity index (χ4v) is 4.26. The Morgan fingerprint density at radius 1 is 0.941 bits per heavy atom. The van der Waals surface area contributed by atoms with Crippen LogP contribution in [0.1, 0.15) is 27.9 Å². The van der Waals surface area contributed by atoms with Crippen molar-refractivity contribution in [1.29, 1.82) is 0 Å². The highest BCUT2D eigenvalue weighted by Crippen LogP contribution is 2.21. The summed E-state index contributed by atoms with van der Waals surface area (Å²) in [5.41, 5.74) is 4.06. The van der Waals surface area contributed by atoms with Crippen LogP contribution in [0, 0.1) is 13.8 Å². The Labute approximate surface area is 204 Å². The Bertz CT molecular complexity index is 1180. The first kappa shape index (κ1) is 23.6. The third-order valence-electron chi connectivity index (χ3n) is 5.85. The SMILES string of the molecule is Cc1ccc(NC(=O)Nc2ccc(N3CCCN(C(=O)c4ccccc4Cl)CC3)nc2)c(C)c1. The molecule has 4 rings (SSSR count). The summed E-state index contributed by atoms with van der Waals surface area (Å²) in [4.78, 5) is 33.8. The maximum Gasteiger partial charge on any atom is 0.323 e. The molecule has 0 bridgehead atoms. The van der Waals surface area contributed by atoms with Crippen molar-refractivity contribution in [3.63, 3.8) is 0 Å². The summed E-state index contributed by atoms with van der Waals surface area (Å²) in [6.45, 7) is 6.69. The number of carbonyl (C=O) groups excluding carboxylic acids is 2. The lowest BCUT2D eigenvalue weighted by Gasteiger charge is -2.23. The lowest BCUT2D eigenvalue weighted by Crippen LogP contribution is -2.35. The lowest BCUT2D eigenvalue weighted by atomic mass is 10.1. The fraction of sp³-hybridized carbons (Fsp3) is 0.269. The van der Waals surface area contributed by atoms with E-state index in [1.807, 2.05) is 61.2 Å². The summed E-state index contributed by atoms with van der Waals surface area (Å²) in [6.07, 6.45) is 2.48. The predicted molar refractivity (Wildman–Crippen MR) is 137 cm³/mol. The van der Waals surface area contributed by atoms with E-state index in [0.29, 0.717) is 35.9 Å². The molecule has 3 amide bonds. The number of halogens is 1. The van der Waals surface area contributed by atoms with Gasteiger partial charge in [0, 0.05) is 31.9 Å². The number of anilines is 3. The van der Waals surface area contributed by atoms with E-state index in [1.54, 1.807) is 18.3 Å². The Kier molecular flexibility index (Phi) is 7.33. The Balaban J connectivity index is 1.34. The van der Waals surface area contributed by atoms with Gasteiger partial charge in [-0.25, -0.2) is 9.78 Å². The van der Waals surface area contributed by atoms with Gasteiger partial charge in [-0.2, -0.15) is 0 Å². The molecule has 1 aliphatic heterocycles. The van der Waals surface area contributed by atoms with Gasteiger partial charge < -0.3 is 20.4 Å². The van der Waals surface area contributed by atoms with Crippen LogP contribution in [0.25, 0.3) is 0 Å². The molecule has 3 aromatic rings. The van der Waals surface area contributed by atoms with Crippen LogP contribution in [0.5, 0.6) is 0 Å². The van der Waals surface area contributed by atoms with Crippen LogP contribution in [0.2, 0.25) is 5.02 Å². The lowest BCUT2D eigenvalue weighted by molar-refractivity contribution is 0.0767. The molecule has 0 spiro atoms. The minimum absolute atomic E-state index is 0.0465. The first-order valence-electron chi connectivity index (χ1n) is 11.3. The van der Waals surface area contributed by atoms with Crippen molar-refractivity contribution in [2.24, 2.45) is 0 Å². The fourth-order valence-electron chi connectivity index (χ4n) is 4.04. The molecule has 0 aliphatic carbocycles. The normalized spacial score (nSPS) is 13.9. The average Bonchev–Trinajstić information content (AvgIpc) is 3.08. The number of benzene rings is 2. The number of pyridine rings is 1. The smallest absolute Gasteiger partial charge is 0.323 e. The zero-order valence-electron chi connectivity index (χ0n) is 19.3. The van der Waals surface area contributed by atoms with Gasteiger partial charge in [0.25, 0.3) is 5.91 Å². The number of aromatic nitrogens is 1. The van der Waals surface area contributed by atoms with Gasteiger partial charge in [-0.1, -0.05) is 41.4 Å². The van der Waals surface area contributed by atoms with E-state index in [2.05, 4.69) is 20.5 Å².